The SMILES string of the molecule is CCC(NCCCN1CCC(C)CC1)c1ccc(C)cc1. The number of nitrogens with one attached hydrogen (secondary N) is 1. The Morgan fingerprint density at radius 3 is 2.48 bits per heavy atom. The molecular formula is C19H32N2. The summed E-state index contributed by atoms with van der Waals surface area (Å²) in [6.45, 7) is 11.8. The van der Waals surface area contributed by atoms with Crippen LogP contribution in [0.1, 0.15) is 56.7 Å². The van der Waals surface area contributed by atoms with Gasteiger partial charge in [0.2, 0.25) is 0 Å². The van der Waals surface area contributed by atoms with Crippen LogP contribution < -0.4 is 5.32 Å². The van der Waals surface area contributed by atoms with Crippen LogP contribution in [0, 0.1) is 12.8 Å². The van der Waals surface area contributed by atoms with Gasteiger partial charge in [-0.2, -0.15) is 0 Å². The molecule has 2 nitrogen and oxygen atoms in total. The molecule has 1 aliphatic heterocycles. The molecule has 1 aromatic rings. The van der Waals surface area contributed by atoms with E-state index in [9.17, 15) is 0 Å². The summed E-state index contributed by atoms with van der Waals surface area (Å²) < 4.78 is 0. The maximum Gasteiger partial charge on any atom is 0.0317 e. The summed E-state index contributed by atoms with van der Waals surface area (Å²) in [6.07, 6.45) is 5.18. The highest BCUT2D eigenvalue weighted by molar-refractivity contribution is 5.23. The highest BCUT2D eigenvalue weighted by Crippen LogP contribution is 2.18. The molecule has 1 fully saturated rings. The van der Waals surface area contributed by atoms with E-state index in [-0.39, 0.29) is 0 Å². The summed E-state index contributed by atoms with van der Waals surface area (Å²) in [7, 11) is 0. The van der Waals surface area contributed by atoms with Crippen molar-refractivity contribution in [2.75, 3.05) is 26.2 Å². The lowest BCUT2D eigenvalue weighted by atomic mass is 9.99. The predicted molar refractivity (Wildman–Crippen MR) is 91.7 cm³/mol. The van der Waals surface area contributed by atoms with Crippen molar-refractivity contribution in [3.05, 3.63) is 35.4 Å². The fraction of sp³-hybridized carbons (Fsp3) is 0.684. The van der Waals surface area contributed by atoms with Gasteiger partial charge in [0, 0.05) is 6.04 Å². The first-order chi connectivity index (χ1) is 10.2. The van der Waals surface area contributed by atoms with E-state index in [4.69, 9.17) is 0 Å². The molecular weight excluding hydrogens is 256 g/mol. The van der Waals surface area contributed by atoms with Crippen molar-refractivity contribution in [3.8, 4) is 0 Å². The highest BCUT2D eigenvalue weighted by Gasteiger charge is 2.15. The lowest BCUT2D eigenvalue weighted by Gasteiger charge is -2.30. The Hall–Kier alpha value is -0.860. The van der Waals surface area contributed by atoms with Gasteiger partial charge >= 0.3 is 0 Å². The summed E-state index contributed by atoms with van der Waals surface area (Å²) >= 11 is 0. The van der Waals surface area contributed by atoms with Gasteiger partial charge in [-0.15, -0.1) is 0 Å². The van der Waals surface area contributed by atoms with Gasteiger partial charge in [-0.05, 0) is 70.3 Å². The molecule has 0 radical (unpaired) electrons. The molecule has 2 rings (SSSR count). The van der Waals surface area contributed by atoms with Crippen molar-refractivity contribution in [2.45, 2.75) is 52.5 Å². The molecule has 0 aliphatic carbocycles. The quantitative estimate of drug-likeness (QED) is 0.758. The van der Waals surface area contributed by atoms with Gasteiger partial charge in [-0.1, -0.05) is 43.7 Å². The fourth-order valence-corrected chi connectivity index (χ4v) is 3.16. The third-order valence-corrected chi connectivity index (χ3v) is 4.81. The average Bonchev–Trinajstić information content (AvgIpc) is 2.50. The minimum absolute atomic E-state index is 0.506. The van der Waals surface area contributed by atoms with E-state index < -0.39 is 0 Å². The second-order valence-corrected chi connectivity index (χ2v) is 6.70. The van der Waals surface area contributed by atoms with Crippen LogP contribution >= 0.6 is 0 Å². The molecule has 0 aromatic heterocycles. The van der Waals surface area contributed by atoms with Gasteiger partial charge in [0.05, 0.1) is 0 Å². The van der Waals surface area contributed by atoms with Crippen LogP contribution in [0.3, 0.4) is 0 Å². The van der Waals surface area contributed by atoms with E-state index in [0.717, 1.165) is 18.9 Å². The molecule has 2 heteroatoms. The molecule has 21 heavy (non-hydrogen) atoms. The number of piperidine rings is 1. The van der Waals surface area contributed by atoms with Crippen LogP contribution in [0.2, 0.25) is 0 Å². The highest BCUT2D eigenvalue weighted by atomic mass is 15.1. The van der Waals surface area contributed by atoms with Gasteiger partial charge < -0.3 is 10.2 Å². The number of aryl methyl sites for hydroxylation is 1. The molecule has 0 spiro atoms. The van der Waals surface area contributed by atoms with E-state index in [0.29, 0.717) is 6.04 Å². The summed E-state index contributed by atoms with van der Waals surface area (Å²) in [6, 6.07) is 9.47. The van der Waals surface area contributed by atoms with E-state index in [1.807, 2.05) is 0 Å². The van der Waals surface area contributed by atoms with Crippen LogP contribution in [0.5, 0.6) is 0 Å². The fourth-order valence-electron chi connectivity index (χ4n) is 3.16. The molecule has 1 unspecified atom stereocenters. The van der Waals surface area contributed by atoms with Crippen LogP contribution in [-0.2, 0) is 0 Å². The van der Waals surface area contributed by atoms with Crippen molar-refractivity contribution >= 4 is 0 Å². The monoisotopic (exact) mass is 288 g/mol. The Balaban J connectivity index is 1.67. The summed E-state index contributed by atoms with van der Waals surface area (Å²) in [5.41, 5.74) is 2.77. The van der Waals surface area contributed by atoms with Gasteiger partial charge in [0.1, 0.15) is 0 Å². The van der Waals surface area contributed by atoms with Crippen LogP contribution in [0.25, 0.3) is 0 Å². The largest absolute Gasteiger partial charge is 0.310 e. The topological polar surface area (TPSA) is 15.3 Å². The zero-order valence-electron chi connectivity index (χ0n) is 14.1. The van der Waals surface area contributed by atoms with E-state index in [1.54, 1.807) is 0 Å². The number of hydrogen-bond acceptors (Lipinski definition) is 2. The molecule has 1 saturated heterocycles. The molecule has 0 amide bonds. The second-order valence-electron chi connectivity index (χ2n) is 6.70. The molecule has 1 heterocycles. The first kappa shape index (κ1) is 16.5. The number of likely N-dealkylation sites (tertiary alicyclic amines) is 1. The predicted octanol–water partition coefficient (Wildman–Crippen LogP) is 4.16. The Labute approximate surface area is 130 Å². The van der Waals surface area contributed by atoms with Crippen molar-refractivity contribution < 1.29 is 0 Å². The smallest absolute Gasteiger partial charge is 0.0317 e. The average molecular weight is 288 g/mol. The lowest BCUT2D eigenvalue weighted by Crippen LogP contribution is -2.35. The Morgan fingerprint density at radius 1 is 1.19 bits per heavy atom. The van der Waals surface area contributed by atoms with E-state index >= 15 is 0 Å². The summed E-state index contributed by atoms with van der Waals surface area (Å²) in [4.78, 5) is 2.63. The zero-order valence-corrected chi connectivity index (χ0v) is 14.1. The summed E-state index contributed by atoms with van der Waals surface area (Å²) in [5, 5.41) is 3.73. The molecule has 118 valence electrons. The Kier molecular flexibility index (Phi) is 6.72. The van der Waals surface area contributed by atoms with Crippen molar-refractivity contribution in [1.29, 1.82) is 0 Å². The molecule has 1 atom stereocenters. The van der Waals surface area contributed by atoms with Crippen molar-refractivity contribution in [2.24, 2.45) is 5.92 Å². The van der Waals surface area contributed by atoms with Crippen LogP contribution in [-0.4, -0.2) is 31.1 Å². The van der Waals surface area contributed by atoms with Gasteiger partial charge in [-0.3, -0.25) is 0 Å². The summed E-state index contributed by atoms with van der Waals surface area (Å²) in [5.74, 6) is 0.936. The van der Waals surface area contributed by atoms with Crippen molar-refractivity contribution in [1.82, 2.24) is 10.2 Å². The minimum atomic E-state index is 0.506. The Bertz CT molecular complexity index is 391. The molecule has 1 aliphatic rings. The second kappa shape index (κ2) is 8.55. The van der Waals surface area contributed by atoms with Gasteiger partial charge in [0.15, 0.2) is 0 Å². The van der Waals surface area contributed by atoms with E-state index in [2.05, 4.69) is 55.3 Å². The molecule has 0 bridgehead atoms. The maximum absolute atomic E-state index is 3.73. The number of hydrogen-bond donors (Lipinski definition) is 1. The standard InChI is InChI=1S/C19H32N2/c1-4-19(18-8-6-16(2)7-9-18)20-12-5-13-21-14-10-17(3)11-15-21/h6-9,17,19-20H,4-5,10-15H2,1-3H3. The van der Waals surface area contributed by atoms with Crippen molar-refractivity contribution in [3.63, 3.8) is 0 Å². The molecule has 1 aromatic carbocycles. The number of benzene rings is 1. The van der Waals surface area contributed by atoms with E-state index in [1.165, 1.54) is 50.0 Å². The number of rotatable bonds is 7. The first-order valence-electron chi connectivity index (χ1n) is 8.71. The minimum Gasteiger partial charge on any atom is -0.310 e. The third kappa shape index (κ3) is 5.44. The lowest BCUT2D eigenvalue weighted by molar-refractivity contribution is 0.189. The third-order valence-electron chi connectivity index (χ3n) is 4.81. The van der Waals surface area contributed by atoms with Crippen LogP contribution in [0.4, 0.5) is 0 Å². The normalized spacial score (nSPS) is 18.8. The Morgan fingerprint density at radius 2 is 1.86 bits per heavy atom. The molecule has 0 saturated carbocycles. The van der Waals surface area contributed by atoms with Gasteiger partial charge in [-0.25, -0.2) is 0 Å². The first-order valence-corrected chi connectivity index (χ1v) is 8.71. The maximum atomic E-state index is 3.73. The number of nitrogens with zero attached hydrogens (tertiary/aromatic N) is 1. The van der Waals surface area contributed by atoms with Crippen LogP contribution in [0.15, 0.2) is 24.3 Å². The van der Waals surface area contributed by atoms with Gasteiger partial charge in [0.25, 0.3) is 0 Å². The molecule has 1 N–H and O–H groups in total. The zero-order chi connectivity index (χ0) is 15.1.